The summed E-state index contributed by atoms with van der Waals surface area (Å²) in [4.78, 5) is 18.8. The first-order chi connectivity index (χ1) is 9.24. The van der Waals surface area contributed by atoms with Crippen LogP contribution in [0.4, 0.5) is 5.13 Å². The summed E-state index contributed by atoms with van der Waals surface area (Å²) in [5, 5.41) is 2.98. The number of carbonyl (C=O) groups is 1. The molecule has 100 valence electrons. The first-order valence-corrected chi connectivity index (χ1v) is 7.40. The van der Waals surface area contributed by atoms with Gasteiger partial charge in [0, 0.05) is 24.0 Å². The van der Waals surface area contributed by atoms with Crippen LogP contribution in [-0.2, 0) is 6.42 Å². The monoisotopic (exact) mass is 274 g/mol. The Kier molecular flexibility index (Phi) is 4.68. The van der Waals surface area contributed by atoms with Crippen LogP contribution in [-0.4, -0.2) is 23.9 Å². The van der Waals surface area contributed by atoms with Gasteiger partial charge >= 0.3 is 0 Å². The van der Waals surface area contributed by atoms with E-state index in [2.05, 4.69) is 23.7 Å². The number of carbonyl (C=O) groups excluding carboxylic acids is 1. The molecular formula is C15H18N2OS. The molecule has 2 aromatic rings. The minimum Gasteiger partial charge on any atom is -0.349 e. The third-order valence-corrected chi connectivity index (χ3v) is 3.96. The Morgan fingerprint density at radius 2 is 1.89 bits per heavy atom. The Labute approximate surface area is 117 Å². The lowest BCUT2D eigenvalue weighted by Crippen LogP contribution is -2.21. The number of rotatable bonds is 6. The molecule has 19 heavy (non-hydrogen) atoms. The largest absolute Gasteiger partial charge is 0.349 e. The molecule has 0 fully saturated rings. The molecule has 0 spiro atoms. The number of anilines is 1. The Morgan fingerprint density at radius 3 is 2.53 bits per heavy atom. The molecule has 0 bridgehead atoms. The van der Waals surface area contributed by atoms with Gasteiger partial charge in [-0.15, -0.1) is 11.3 Å². The van der Waals surface area contributed by atoms with Crippen LogP contribution < -0.4 is 4.90 Å². The second-order valence-corrected chi connectivity index (χ2v) is 5.10. The number of hydrogen-bond donors (Lipinski definition) is 0. The minimum absolute atomic E-state index is 0.122. The van der Waals surface area contributed by atoms with Crippen molar-refractivity contribution in [3.8, 4) is 0 Å². The van der Waals surface area contributed by atoms with E-state index >= 15 is 0 Å². The van der Waals surface area contributed by atoms with E-state index in [0.29, 0.717) is 6.42 Å². The fraction of sp³-hybridized carbons (Fsp3) is 0.333. The number of benzene rings is 1. The van der Waals surface area contributed by atoms with Crippen LogP contribution in [0.1, 0.15) is 29.9 Å². The summed E-state index contributed by atoms with van der Waals surface area (Å²) in [5.41, 5.74) is 1.61. The number of ketones is 1. The molecule has 1 aromatic carbocycles. The van der Waals surface area contributed by atoms with Crippen molar-refractivity contribution < 1.29 is 4.79 Å². The zero-order chi connectivity index (χ0) is 13.7. The van der Waals surface area contributed by atoms with Gasteiger partial charge in [-0.2, -0.15) is 0 Å². The van der Waals surface area contributed by atoms with Gasteiger partial charge in [-0.1, -0.05) is 30.3 Å². The summed E-state index contributed by atoms with van der Waals surface area (Å²) in [5.74, 6) is 0.122. The highest BCUT2D eigenvalue weighted by Crippen LogP contribution is 2.21. The predicted octanol–water partition coefficient (Wildman–Crippen LogP) is 3.41. The van der Waals surface area contributed by atoms with Crippen molar-refractivity contribution >= 4 is 22.3 Å². The number of hydrogen-bond acceptors (Lipinski definition) is 4. The molecule has 2 rings (SSSR count). The first kappa shape index (κ1) is 13.7. The van der Waals surface area contributed by atoms with E-state index in [9.17, 15) is 4.79 Å². The second kappa shape index (κ2) is 6.48. The zero-order valence-electron chi connectivity index (χ0n) is 11.3. The molecule has 3 nitrogen and oxygen atoms in total. The van der Waals surface area contributed by atoms with Crippen molar-refractivity contribution in [3.63, 3.8) is 0 Å². The third-order valence-electron chi connectivity index (χ3n) is 3.01. The van der Waals surface area contributed by atoms with Gasteiger partial charge in [-0.05, 0) is 13.8 Å². The quantitative estimate of drug-likeness (QED) is 0.757. The highest BCUT2D eigenvalue weighted by atomic mass is 32.1. The summed E-state index contributed by atoms with van der Waals surface area (Å²) in [6, 6.07) is 9.38. The summed E-state index contributed by atoms with van der Waals surface area (Å²) in [6.45, 7) is 6.10. The lowest BCUT2D eigenvalue weighted by atomic mass is 10.1. The van der Waals surface area contributed by atoms with Crippen molar-refractivity contribution in [2.24, 2.45) is 0 Å². The van der Waals surface area contributed by atoms with Crippen molar-refractivity contribution in [2.75, 3.05) is 18.0 Å². The summed E-state index contributed by atoms with van der Waals surface area (Å²) >= 11 is 1.61. The van der Waals surface area contributed by atoms with E-state index < -0.39 is 0 Å². The number of thiazole rings is 1. The normalized spacial score (nSPS) is 10.4. The maximum Gasteiger partial charge on any atom is 0.185 e. The van der Waals surface area contributed by atoms with Gasteiger partial charge < -0.3 is 4.90 Å². The first-order valence-electron chi connectivity index (χ1n) is 6.52. The SMILES string of the molecule is CCN(CC)c1nc(CC(=O)c2ccccc2)cs1. The molecule has 0 radical (unpaired) electrons. The van der Waals surface area contributed by atoms with E-state index in [1.54, 1.807) is 11.3 Å². The molecule has 0 unspecified atom stereocenters. The highest BCUT2D eigenvalue weighted by molar-refractivity contribution is 7.13. The van der Waals surface area contributed by atoms with Crippen LogP contribution in [0.25, 0.3) is 0 Å². The molecule has 0 aliphatic carbocycles. The molecule has 0 aliphatic heterocycles. The average molecular weight is 274 g/mol. The molecule has 0 aliphatic rings. The van der Waals surface area contributed by atoms with Gasteiger partial charge in [-0.25, -0.2) is 4.98 Å². The Balaban J connectivity index is 2.06. The van der Waals surface area contributed by atoms with Crippen molar-refractivity contribution in [3.05, 3.63) is 47.0 Å². The third kappa shape index (κ3) is 3.41. The van der Waals surface area contributed by atoms with Gasteiger partial charge in [0.05, 0.1) is 12.1 Å². The number of nitrogens with zero attached hydrogens (tertiary/aromatic N) is 2. The lowest BCUT2D eigenvalue weighted by molar-refractivity contribution is 0.0992. The van der Waals surface area contributed by atoms with Crippen LogP contribution in [0.2, 0.25) is 0 Å². The Hall–Kier alpha value is -1.68. The van der Waals surface area contributed by atoms with Crippen molar-refractivity contribution in [2.45, 2.75) is 20.3 Å². The molecule has 1 heterocycles. The Morgan fingerprint density at radius 1 is 1.21 bits per heavy atom. The van der Waals surface area contributed by atoms with Crippen LogP contribution in [0.15, 0.2) is 35.7 Å². The summed E-state index contributed by atoms with van der Waals surface area (Å²) in [6.07, 6.45) is 0.377. The fourth-order valence-electron chi connectivity index (χ4n) is 1.91. The molecule has 0 atom stereocenters. The topological polar surface area (TPSA) is 33.2 Å². The van der Waals surface area contributed by atoms with Crippen molar-refractivity contribution in [1.82, 2.24) is 4.98 Å². The van der Waals surface area contributed by atoms with Gasteiger partial charge in [0.25, 0.3) is 0 Å². The van der Waals surface area contributed by atoms with E-state index in [0.717, 1.165) is 29.5 Å². The Bertz CT molecular complexity index is 532. The van der Waals surface area contributed by atoms with E-state index in [1.807, 2.05) is 35.7 Å². The highest BCUT2D eigenvalue weighted by Gasteiger charge is 2.11. The van der Waals surface area contributed by atoms with Crippen LogP contribution in [0, 0.1) is 0 Å². The van der Waals surface area contributed by atoms with E-state index in [-0.39, 0.29) is 5.78 Å². The molecule has 0 amide bonds. The van der Waals surface area contributed by atoms with Gasteiger partial charge in [-0.3, -0.25) is 4.79 Å². The second-order valence-electron chi connectivity index (χ2n) is 4.26. The molecule has 0 saturated heterocycles. The standard InChI is InChI=1S/C15H18N2OS/c1-3-17(4-2)15-16-13(11-19-15)10-14(18)12-8-6-5-7-9-12/h5-9,11H,3-4,10H2,1-2H3. The van der Waals surface area contributed by atoms with Gasteiger partial charge in [0.15, 0.2) is 10.9 Å². The van der Waals surface area contributed by atoms with Crippen LogP contribution >= 0.6 is 11.3 Å². The predicted molar refractivity (Wildman–Crippen MR) is 80.2 cm³/mol. The molecule has 0 N–H and O–H groups in total. The van der Waals surface area contributed by atoms with Crippen LogP contribution in [0.3, 0.4) is 0 Å². The van der Waals surface area contributed by atoms with E-state index in [4.69, 9.17) is 0 Å². The van der Waals surface area contributed by atoms with E-state index in [1.165, 1.54) is 0 Å². The molecular weight excluding hydrogens is 256 g/mol. The fourth-order valence-corrected chi connectivity index (χ4v) is 2.86. The summed E-state index contributed by atoms with van der Waals surface area (Å²) < 4.78 is 0. The molecule has 1 aromatic heterocycles. The average Bonchev–Trinajstić information content (AvgIpc) is 2.89. The zero-order valence-corrected chi connectivity index (χ0v) is 12.1. The lowest BCUT2D eigenvalue weighted by Gasteiger charge is -2.16. The maximum absolute atomic E-state index is 12.1. The summed E-state index contributed by atoms with van der Waals surface area (Å²) in [7, 11) is 0. The molecule has 4 heteroatoms. The number of Topliss-reactive ketones (excluding diaryl/α,β-unsaturated/α-hetero) is 1. The molecule has 0 saturated carbocycles. The number of aromatic nitrogens is 1. The smallest absolute Gasteiger partial charge is 0.185 e. The van der Waals surface area contributed by atoms with Crippen LogP contribution in [0.5, 0.6) is 0 Å². The maximum atomic E-state index is 12.1. The van der Waals surface area contributed by atoms with Gasteiger partial charge in [0.2, 0.25) is 0 Å². The minimum atomic E-state index is 0.122. The van der Waals surface area contributed by atoms with Crippen molar-refractivity contribution in [1.29, 1.82) is 0 Å². The van der Waals surface area contributed by atoms with Gasteiger partial charge in [0.1, 0.15) is 0 Å².